The van der Waals surface area contributed by atoms with Crippen LogP contribution in [0.4, 0.5) is 0 Å². The number of rotatable bonds is 7. The first-order valence-electron chi connectivity index (χ1n) is 9.42. The predicted molar refractivity (Wildman–Crippen MR) is 120 cm³/mol. The van der Waals surface area contributed by atoms with Crippen LogP contribution in [0.25, 0.3) is 0 Å². The lowest BCUT2D eigenvalue weighted by atomic mass is 9.82. The fraction of sp³-hybridized carbons (Fsp3) is 0.286. The maximum absolute atomic E-state index is 11.1. The van der Waals surface area contributed by atoms with Crippen molar-refractivity contribution < 1.29 is 34.1 Å². The molecule has 0 saturated heterocycles. The average Bonchev–Trinajstić information content (AvgIpc) is 3.20. The molecule has 0 amide bonds. The average molecular weight is 465 g/mol. The van der Waals surface area contributed by atoms with Crippen LogP contribution >= 0.6 is 7.37 Å². The highest BCUT2D eigenvalue weighted by atomic mass is 31.2. The van der Waals surface area contributed by atoms with Crippen LogP contribution in [-0.2, 0) is 24.6 Å². The van der Waals surface area contributed by atoms with E-state index in [1.807, 2.05) is 60.7 Å². The Balaban J connectivity index is 0.000000370. The summed E-state index contributed by atoms with van der Waals surface area (Å²) >= 11 is 0. The van der Waals surface area contributed by atoms with Gasteiger partial charge in [-0.3, -0.25) is 9.36 Å². The second kappa shape index (κ2) is 11.5. The molecule has 1 heterocycles. The van der Waals surface area contributed by atoms with Gasteiger partial charge in [0.1, 0.15) is 6.04 Å². The highest BCUT2D eigenvalue weighted by Crippen LogP contribution is 2.41. The van der Waals surface area contributed by atoms with Gasteiger partial charge in [-0.25, -0.2) is 4.79 Å². The highest BCUT2D eigenvalue weighted by molar-refractivity contribution is 7.57. The molecule has 0 aliphatic carbocycles. The molecular weight excluding hydrogens is 437 g/mol. The molecule has 2 aromatic rings. The number of aliphatic carboxylic acids is 2. The molecule has 1 aliphatic rings. The summed E-state index contributed by atoms with van der Waals surface area (Å²) in [6.45, 7) is 1.18. The Bertz CT molecular complexity index is 938. The number of hydrogen-bond acceptors (Lipinski definition) is 7. The smallest absolute Gasteiger partial charge is 0.353 e. The largest absolute Gasteiger partial charge is 0.480 e. The van der Waals surface area contributed by atoms with Crippen LogP contribution in [-0.4, -0.2) is 51.6 Å². The predicted octanol–water partition coefficient (Wildman–Crippen LogP) is 2.64. The van der Waals surface area contributed by atoms with Crippen LogP contribution in [0.5, 0.6) is 0 Å². The fourth-order valence-corrected chi connectivity index (χ4v) is 3.70. The van der Waals surface area contributed by atoms with E-state index < -0.39 is 31.0 Å². The molecule has 1 aliphatic heterocycles. The zero-order valence-electron chi connectivity index (χ0n) is 17.6. The van der Waals surface area contributed by atoms with Gasteiger partial charge < -0.3 is 31.8 Å². The minimum Gasteiger partial charge on any atom is -0.480 e. The topological polar surface area (TPSA) is 195 Å². The first-order valence-corrected chi connectivity index (χ1v) is 11.7. The van der Waals surface area contributed by atoms with E-state index in [2.05, 4.69) is 5.16 Å². The van der Waals surface area contributed by atoms with Crippen LogP contribution in [0.2, 0.25) is 0 Å². The number of nitrogens with two attached hydrogens (primary N) is 1. The Morgan fingerprint density at radius 1 is 1.09 bits per heavy atom. The Kier molecular flexibility index (Phi) is 9.74. The molecule has 2 unspecified atom stereocenters. The summed E-state index contributed by atoms with van der Waals surface area (Å²) in [5.74, 6) is -2.18. The first kappa shape index (κ1) is 27.0. The fourth-order valence-electron chi connectivity index (χ4n) is 2.94. The first-order chi connectivity index (χ1) is 14.5. The molecule has 8 N–H and O–H groups in total. The third-order valence-electron chi connectivity index (χ3n) is 4.63. The maximum atomic E-state index is 11.1. The zero-order valence-corrected chi connectivity index (χ0v) is 18.5. The van der Waals surface area contributed by atoms with Crippen molar-refractivity contribution >= 4 is 25.0 Å². The Labute approximate surface area is 185 Å². The van der Waals surface area contributed by atoms with Gasteiger partial charge in [-0.2, -0.15) is 0 Å². The summed E-state index contributed by atoms with van der Waals surface area (Å²) in [5.41, 5.74) is 6.07. The number of carboxylic acid groups (broad SMARTS) is 2. The molecule has 2 atom stereocenters. The van der Waals surface area contributed by atoms with Gasteiger partial charge >= 0.3 is 11.9 Å². The number of carboxylic acids is 2. The molecule has 32 heavy (non-hydrogen) atoms. The van der Waals surface area contributed by atoms with E-state index in [0.29, 0.717) is 0 Å². The lowest BCUT2D eigenvalue weighted by Crippen LogP contribution is -2.30. The molecule has 0 spiro atoms. The lowest BCUT2D eigenvalue weighted by Gasteiger charge is -2.27. The van der Waals surface area contributed by atoms with Gasteiger partial charge in [0.15, 0.2) is 18.7 Å². The van der Waals surface area contributed by atoms with E-state index >= 15 is 0 Å². The number of nitrogens with zero attached hydrogens (tertiary/aromatic N) is 1. The van der Waals surface area contributed by atoms with Crippen LogP contribution < -0.4 is 11.9 Å². The maximum Gasteiger partial charge on any atom is 0.353 e. The Morgan fingerprint density at radius 2 is 1.56 bits per heavy atom. The van der Waals surface area contributed by atoms with Crippen molar-refractivity contribution in [2.75, 3.05) is 12.8 Å². The number of hydrogen-bond donors (Lipinski definition) is 5. The van der Waals surface area contributed by atoms with Crippen molar-refractivity contribution in [3.63, 3.8) is 0 Å². The molecule has 3 rings (SSSR count). The Morgan fingerprint density at radius 3 is 1.91 bits per heavy atom. The van der Waals surface area contributed by atoms with Crippen molar-refractivity contribution in [3.05, 3.63) is 71.8 Å². The van der Waals surface area contributed by atoms with Gasteiger partial charge in [0.25, 0.3) is 0 Å². The summed E-state index contributed by atoms with van der Waals surface area (Å²) in [7, 11) is -3.10. The molecular formula is C21H28N3O7P. The standard InChI is InChI=1S/C16H13NO3.C5H12NO4P.H3N/c18-15(19)14-11-16(20-17-14,12-7-3-1-4-8-12)13-9-5-2-6-10-13;1-11(9,10)3-2-4(6)5(7)8;/h1-10H,11H2,(H,18,19);4H,2-3,6H2,1H3,(H,7,8)(H,9,10);1H3. The molecule has 11 heteroatoms. The van der Waals surface area contributed by atoms with Gasteiger partial charge in [-0.1, -0.05) is 65.8 Å². The zero-order chi connectivity index (χ0) is 23.1. The van der Waals surface area contributed by atoms with Crippen molar-refractivity contribution in [2.24, 2.45) is 10.9 Å². The summed E-state index contributed by atoms with van der Waals surface area (Å²) < 4.78 is 10.6. The second-order valence-corrected chi connectivity index (χ2v) is 9.73. The van der Waals surface area contributed by atoms with E-state index in [1.54, 1.807) is 0 Å². The van der Waals surface area contributed by atoms with Gasteiger partial charge in [-0.05, 0) is 6.42 Å². The van der Waals surface area contributed by atoms with Gasteiger partial charge in [-0.15, -0.1) is 0 Å². The van der Waals surface area contributed by atoms with Gasteiger partial charge in [0.2, 0.25) is 0 Å². The molecule has 0 radical (unpaired) electrons. The summed E-state index contributed by atoms with van der Waals surface area (Å²) in [4.78, 5) is 35.6. The monoisotopic (exact) mass is 465 g/mol. The molecule has 10 nitrogen and oxygen atoms in total. The van der Waals surface area contributed by atoms with E-state index in [-0.39, 0.29) is 30.9 Å². The molecule has 2 aromatic carbocycles. The van der Waals surface area contributed by atoms with Crippen LogP contribution in [0.1, 0.15) is 24.0 Å². The van der Waals surface area contributed by atoms with Crippen LogP contribution in [0.3, 0.4) is 0 Å². The quantitative estimate of drug-likeness (QED) is 0.382. The number of carbonyl (C=O) groups is 2. The highest BCUT2D eigenvalue weighted by Gasteiger charge is 2.44. The van der Waals surface area contributed by atoms with E-state index in [9.17, 15) is 14.2 Å². The minimum atomic E-state index is -3.10. The van der Waals surface area contributed by atoms with Crippen molar-refractivity contribution in [2.45, 2.75) is 24.5 Å². The molecule has 0 saturated carbocycles. The Hall–Kier alpha value is -3.04. The van der Waals surface area contributed by atoms with Crippen LogP contribution in [0.15, 0.2) is 65.8 Å². The third-order valence-corrected chi connectivity index (χ3v) is 5.72. The van der Waals surface area contributed by atoms with Crippen LogP contribution in [0, 0.1) is 0 Å². The summed E-state index contributed by atoms with van der Waals surface area (Å²) in [6.07, 6.45) is 0.219. The summed E-state index contributed by atoms with van der Waals surface area (Å²) in [6, 6.07) is 18.1. The number of benzene rings is 2. The second-order valence-electron chi connectivity index (χ2n) is 7.18. The van der Waals surface area contributed by atoms with Crippen molar-refractivity contribution in [1.82, 2.24) is 6.15 Å². The van der Waals surface area contributed by atoms with E-state index in [1.165, 1.54) is 6.66 Å². The molecule has 0 aromatic heterocycles. The lowest BCUT2D eigenvalue weighted by molar-refractivity contribution is -0.138. The minimum absolute atomic E-state index is 0. The molecule has 174 valence electrons. The normalized spacial score (nSPS) is 16.7. The SMILES string of the molecule is CP(=O)(O)CCC(N)C(=O)O.N.O=C(O)C1=NOC(c2ccccc2)(c2ccccc2)C1. The van der Waals surface area contributed by atoms with E-state index in [4.69, 9.17) is 25.7 Å². The third kappa shape index (κ3) is 7.28. The van der Waals surface area contributed by atoms with Crippen molar-refractivity contribution in [1.29, 1.82) is 0 Å². The van der Waals surface area contributed by atoms with Gasteiger partial charge in [0.05, 0.1) is 6.42 Å². The van der Waals surface area contributed by atoms with E-state index in [0.717, 1.165) is 11.1 Å². The number of oxime groups is 1. The van der Waals surface area contributed by atoms with Crippen molar-refractivity contribution in [3.8, 4) is 0 Å². The molecule has 0 fully saturated rings. The molecule has 0 bridgehead atoms. The van der Waals surface area contributed by atoms with Gasteiger partial charge in [0, 0.05) is 24.0 Å². The summed E-state index contributed by atoms with van der Waals surface area (Å²) in [5, 5.41) is 21.2.